The highest BCUT2D eigenvalue weighted by atomic mass is 32.1. The number of nitrogens with one attached hydrogen (secondary N) is 1. The van der Waals surface area contributed by atoms with E-state index in [1.165, 1.54) is 24.4 Å². The smallest absolute Gasteiger partial charge is 0.202 e. The lowest BCUT2D eigenvalue weighted by atomic mass is 10.2. The molecule has 1 aliphatic heterocycles. The van der Waals surface area contributed by atoms with Crippen LogP contribution in [0.5, 0.6) is 11.5 Å². The lowest BCUT2D eigenvalue weighted by Crippen LogP contribution is -2.03. The second-order valence-corrected chi connectivity index (χ2v) is 6.13. The van der Waals surface area contributed by atoms with Gasteiger partial charge in [-0.15, -0.1) is 0 Å². The van der Waals surface area contributed by atoms with Crippen LogP contribution in [0.3, 0.4) is 0 Å². The monoisotopic (exact) mass is 303 g/mol. The average molecular weight is 303 g/mol. The van der Waals surface area contributed by atoms with Crippen molar-refractivity contribution in [3.05, 3.63) is 29.6 Å². The molecule has 2 heterocycles. The molecule has 2 aliphatic rings. The van der Waals surface area contributed by atoms with E-state index in [4.69, 9.17) is 9.47 Å². The minimum Gasteiger partial charge on any atom is -0.490 e. The van der Waals surface area contributed by atoms with Gasteiger partial charge in [0.05, 0.1) is 13.2 Å². The molecule has 0 radical (unpaired) electrons. The first kappa shape index (κ1) is 12.9. The summed E-state index contributed by atoms with van der Waals surface area (Å²) in [5.74, 6) is 3.28. The summed E-state index contributed by atoms with van der Waals surface area (Å²) in [6.45, 7) is 2.09. The van der Waals surface area contributed by atoms with Crippen LogP contribution >= 0.6 is 11.5 Å². The normalized spacial score (nSPS) is 17.3. The highest BCUT2D eigenvalue weighted by molar-refractivity contribution is 7.09. The highest BCUT2D eigenvalue weighted by Gasteiger charge is 2.27. The van der Waals surface area contributed by atoms with E-state index in [1.807, 2.05) is 12.1 Å². The molecule has 0 unspecified atom stereocenters. The first-order valence-electron chi connectivity index (χ1n) is 7.35. The van der Waals surface area contributed by atoms with Gasteiger partial charge >= 0.3 is 0 Å². The van der Waals surface area contributed by atoms with Crippen molar-refractivity contribution in [3.63, 3.8) is 0 Å². The van der Waals surface area contributed by atoms with Crippen LogP contribution in [-0.4, -0.2) is 22.6 Å². The Bertz CT molecular complexity index is 640. The fourth-order valence-electron chi connectivity index (χ4n) is 2.38. The van der Waals surface area contributed by atoms with Gasteiger partial charge in [-0.2, -0.15) is 4.37 Å². The quantitative estimate of drug-likeness (QED) is 0.940. The number of hydrogen-bond acceptors (Lipinski definition) is 6. The molecule has 110 valence electrons. The summed E-state index contributed by atoms with van der Waals surface area (Å²) in [6, 6.07) is 6.02. The molecule has 5 nitrogen and oxygen atoms in total. The second kappa shape index (κ2) is 5.52. The zero-order valence-corrected chi connectivity index (χ0v) is 12.5. The Morgan fingerprint density at radius 2 is 2.14 bits per heavy atom. The highest BCUT2D eigenvalue weighted by Crippen LogP contribution is 2.39. The van der Waals surface area contributed by atoms with Crippen LogP contribution in [0.1, 0.15) is 36.6 Å². The molecule has 1 fully saturated rings. The Labute approximate surface area is 127 Å². The molecule has 6 heteroatoms. The van der Waals surface area contributed by atoms with Crippen LogP contribution in [0.15, 0.2) is 18.2 Å². The number of ether oxygens (including phenoxy) is 2. The Kier molecular flexibility index (Phi) is 3.39. The van der Waals surface area contributed by atoms with Gasteiger partial charge in [0.25, 0.3) is 0 Å². The molecule has 1 saturated carbocycles. The maximum Gasteiger partial charge on any atom is 0.202 e. The average Bonchev–Trinajstić information content (AvgIpc) is 3.29. The van der Waals surface area contributed by atoms with E-state index < -0.39 is 0 Å². The number of fused-ring (bicyclic) bond motifs is 1. The molecular weight excluding hydrogens is 286 g/mol. The molecular formula is C15H17N3O2S. The zero-order valence-electron chi connectivity index (χ0n) is 11.7. The van der Waals surface area contributed by atoms with Crippen molar-refractivity contribution in [2.75, 3.05) is 18.5 Å². The molecule has 21 heavy (non-hydrogen) atoms. The molecule has 0 saturated heterocycles. The van der Waals surface area contributed by atoms with Crippen LogP contribution < -0.4 is 14.8 Å². The third kappa shape index (κ3) is 2.81. The lowest BCUT2D eigenvalue weighted by Gasteiger charge is -2.12. The molecule has 4 rings (SSSR count). The first-order valence-corrected chi connectivity index (χ1v) is 8.12. The van der Waals surface area contributed by atoms with Crippen molar-refractivity contribution >= 4 is 16.7 Å². The standard InChI is InChI=1S/C15H17N3O2S/c1-3-11(13-12(4-1)19-7-2-8-20-13)9-16-15-17-14(18-21-15)10-5-6-10/h1,3-4,10H,2,5-9H2,(H,16,17,18). The predicted octanol–water partition coefficient (Wildman–Crippen LogP) is 3.19. The zero-order chi connectivity index (χ0) is 14.1. The first-order chi connectivity index (χ1) is 10.4. The number of aromatic nitrogens is 2. The molecule has 2 aromatic rings. The maximum atomic E-state index is 5.82. The Hall–Kier alpha value is -1.82. The molecule has 1 N–H and O–H groups in total. The van der Waals surface area contributed by atoms with Crippen molar-refractivity contribution < 1.29 is 9.47 Å². The van der Waals surface area contributed by atoms with Crippen LogP contribution in [0.2, 0.25) is 0 Å². The van der Waals surface area contributed by atoms with Crippen LogP contribution in [0, 0.1) is 0 Å². The van der Waals surface area contributed by atoms with Gasteiger partial charge < -0.3 is 14.8 Å². The van der Waals surface area contributed by atoms with Crippen LogP contribution in [-0.2, 0) is 6.54 Å². The number of anilines is 1. The summed E-state index contributed by atoms with van der Waals surface area (Å²) in [7, 11) is 0. The minimum atomic E-state index is 0.599. The van der Waals surface area contributed by atoms with E-state index in [0.717, 1.165) is 34.4 Å². The predicted molar refractivity (Wildman–Crippen MR) is 81.3 cm³/mol. The van der Waals surface area contributed by atoms with Crippen molar-refractivity contribution in [2.45, 2.75) is 31.7 Å². The summed E-state index contributed by atoms with van der Waals surface area (Å²) in [5.41, 5.74) is 1.09. The number of nitrogens with zero attached hydrogens (tertiary/aromatic N) is 2. The van der Waals surface area contributed by atoms with E-state index in [1.54, 1.807) is 0 Å². The number of benzene rings is 1. The van der Waals surface area contributed by atoms with Gasteiger partial charge in [0.2, 0.25) is 5.13 Å². The molecule has 0 amide bonds. The second-order valence-electron chi connectivity index (χ2n) is 5.38. The largest absolute Gasteiger partial charge is 0.490 e. The van der Waals surface area contributed by atoms with Crippen LogP contribution in [0.25, 0.3) is 0 Å². The van der Waals surface area contributed by atoms with Crippen LogP contribution in [0.4, 0.5) is 5.13 Å². The summed E-state index contributed by atoms with van der Waals surface area (Å²) in [6.07, 6.45) is 3.38. The molecule has 0 atom stereocenters. The fraction of sp³-hybridized carbons (Fsp3) is 0.467. The van der Waals surface area contributed by atoms with Crippen molar-refractivity contribution in [1.29, 1.82) is 0 Å². The summed E-state index contributed by atoms with van der Waals surface area (Å²) >= 11 is 1.43. The Balaban J connectivity index is 1.48. The Morgan fingerprint density at radius 3 is 3.05 bits per heavy atom. The molecule has 0 bridgehead atoms. The number of rotatable bonds is 4. The maximum absolute atomic E-state index is 5.82. The van der Waals surface area contributed by atoms with Gasteiger partial charge in [0.1, 0.15) is 5.82 Å². The third-order valence-corrected chi connectivity index (χ3v) is 4.35. The minimum absolute atomic E-state index is 0.599. The van der Waals surface area contributed by atoms with Gasteiger partial charge in [-0.1, -0.05) is 12.1 Å². The SMILES string of the molecule is c1cc(CNc2nc(C3CC3)ns2)c2c(c1)OCCCO2. The van der Waals surface area contributed by atoms with E-state index in [-0.39, 0.29) is 0 Å². The molecule has 1 aromatic heterocycles. The Morgan fingerprint density at radius 1 is 1.24 bits per heavy atom. The van der Waals surface area contributed by atoms with Crippen molar-refractivity contribution in [1.82, 2.24) is 9.36 Å². The van der Waals surface area contributed by atoms with E-state index in [0.29, 0.717) is 25.7 Å². The van der Waals surface area contributed by atoms with Crippen molar-refractivity contribution in [2.24, 2.45) is 0 Å². The van der Waals surface area contributed by atoms with E-state index in [2.05, 4.69) is 20.7 Å². The number of para-hydroxylation sites is 1. The van der Waals surface area contributed by atoms with E-state index in [9.17, 15) is 0 Å². The summed E-state index contributed by atoms with van der Waals surface area (Å²) < 4.78 is 15.9. The summed E-state index contributed by atoms with van der Waals surface area (Å²) in [5, 5.41) is 4.22. The fourth-order valence-corrected chi connectivity index (χ4v) is 3.02. The molecule has 1 aromatic carbocycles. The molecule has 1 aliphatic carbocycles. The molecule has 0 spiro atoms. The summed E-state index contributed by atoms with van der Waals surface area (Å²) in [4.78, 5) is 4.54. The lowest BCUT2D eigenvalue weighted by molar-refractivity contribution is 0.296. The topological polar surface area (TPSA) is 56.3 Å². The van der Waals surface area contributed by atoms with Gasteiger partial charge in [-0.25, -0.2) is 4.98 Å². The van der Waals surface area contributed by atoms with Gasteiger partial charge in [0.15, 0.2) is 11.5 Å². The van der Waals surface area contributed by atoms with Crippen molar-refractivity contribution in [3.8, 4) is 11.5 Å². The van der Waals surface area contributed by atoms with E-state index >= 15 is 0 Å². The number of hydrogen-bond donors (Lipinski definition) is 1. The van der Waals surface area contributed by atoms with Gasteiger partial charge in [0, 0.05) is 36.0 Å². The van der Waals surface area contributed by atoms with Gasteiger partial charge in [-0.05, 0) is 18.9 Å². The van der Waals surface area contributed by atoms with Gasteiger partial charge in [-0.3, -0.25) is 0 Å². The third-order valence-electron chi connectivity index (χ3n) is 3.67.